The van der Waals surface area contributed by atoms with Crippen LogP contribution in [0.15, 0.2) is 41.5 Å². The van der Waals surface area contributed by atoms with E-state index in [-0.39, 0.29) is 23.5 Å². The van der Waals surface area contributed by atoms with Gasteiger partial charge in [-0.3, -0.25) is 4.57 Å². The van der Waals surface area contributed by atoms with Crippen molar-refractivity contribution in [1.29, 1.82) is 0 Å². The molecule has 1 N–H and O–H groups in total. The van der Waals surface area contributed by atoms with Crippen molar-refractivity contribution in [1.82, 2.24) is 4.72 Å². The quantitative estimate of drug-likeness (QED) is 0.228. The number of nitrogens with one attached hydrogen (secondary N) is 1. The molecule has 0 atom stereocenters. The average molecular weight is 450 g/mol. The molecule has 0 saturated heterocycles. The summed E-state index contributed by atoms with van der Waals surface area (Å²) in [5.74, 6) is 0.666. The third kappa shape index (κ3) is 9.78. The molecule has 0 aliphatic heterocycles. The first kappa shape index (κ1) is 25.7. The molecule has 1 aromatic rings. The second-order valence-electron chi connectivity index (χ2n) is 6.30. The first-order valence-electron chi connectivity index (χ1n) is 9.58. The second-order valence-corrected chi connectivity index (χ2v) is 10.1. The Balaban J connectivity index is 2.57. The molecule has 10 heteroatoms. The second kappa shape index (κ2) is 13.0. The summed E-state index contributed by atoms with van der Waals surface area (Å²) < 4.78 is 61.1. The molecule has 0 heterocycles. The zero-order valence-corrected chi connectivity index (χ0v) is 19.1. The van der Waals surface area contributed by atoms with E-state index in [1.165, 1.54) is 19.2 Å². The van der Waals surface area contributed by atoms with E-state index in [0.717, 1.165) is 25.7 Å². The van der Waals surface area contributed by atoms with Crippen molar-refractivity contribution in [3.63, 3.8) is 0 Å². The smallest absolute Gasteiger partial charge is 0.367 e. The van der Waals surface area contributed by atoms with Gasteiger partial charge < -0.3 is 18.5 Å². The van der Waals surface area contributed by atoms with Crippen LogP contribution in [0.4, 0.5) is 0 Å². The minimum Gasteiger partial charge on any atom is -0.497 e. The first-order chi connectivity index (χ1) is 13.8. The Kier molecular flexibility index (Phi) is 11.5. The lowest BCUT2D eigenvalue weighted by Crippen LogP contribution is -2.26. The van der Waals surface area contributed by atoms with Gasteiger partial charge in [0.25, 0.3) is 0 Å². The van der Waals surface area contributed by atoms with Crippen molar-refractivity contribution < 1.29 is 31.5 Å². The standard InChI is InChI=1S/C19H32NO7PS/c1-5-7-13-26-28(21,27-14-8-6-2)16-25-17(3)15-20-29(22,23)19-11-9-18(24-4)10-12-19/h9-12,20H,3,5-8,13-16H2,1-2,4H3. The Morgan fingerprint density at radius 3 is 2.10 bits per heavy atom. The average Bonchev–Trinajstić information content (AvgIpc) is 2.71. The molecule has 0 amide bonds. The summed E-state index contributed by atoms with van der Waals surface area (Å²) >= 11 is 0. The number of rotatable bonds is 16. The van der Waals surface area contributed by atoms with E-state index in [9.17, 15) is 13.0 Å². The lowest BCUT2D eigenvalue weighted by atomic mass is 10.3. The van der Waals surface area contributed by atoms with Crippen molar-refractivity contribution in [3.05, 3.63) is 36.6 Å². The molecule has 1 aromatic carbocycles. The minimum absolute atomic E-state index is 0.0857. The normalized spacial score (nSPS) is 12.0. The molecule has 1 rings (SSSR count). The predicted octanol–water partition coefficient (Wildman–Crippen LogP) is 4.29. The molecule has 0 radical (unpaired) electrons. The van der Waals surface area contributed by atoms with Crippen molar-refractivity contribution in [2.75, 3.05) is 33.2 Å². The fraction of sp³-hybridized carbons (Fsp3) is 0.579. The maximum absolute atomic E-state index is 12.8. The van der Waals surface area contributed by atoms with Gasteiger partial charge in [-0.2, -0.15) is 0 Å². The Bertz CT molecular complexity index is 751. The van der Waals surface area contributed by atoms with Crippen LogP contribution >= 0.6 is 7.60 Å². The highest BCUT2D eigenvalue weighted by Crippen LogP contribution is 2.48. The first-order valence-corrected chi connectivity index (χ1v) is 12.8. The zero-order chi connectivity index (χ0) is 21.8. The SMILES string of the molecule is C=C(CNS(=O)(=O)c1ccc(OC)cc1)OCP(=O)(OCCCC)OCCCC. The van der Waals surface area contributed by atoms with Crippen molar-refractivity contribution >= 4 is 17.6 Å². The summed E-state index contributed by atoms with van der Waals surface area (Å²) in [6.07, 6.45) is 2.99. The van der Waals surface area contributed by atoms with Crippen molar-refractivity contribution in [2.24, 2.45) is 0 Å². The number of hydrogen-bond donors (Lipinski definition) is 1. The van der Waals surface area contributed by atoms with Crippen LogP contribution in [-0.4, -0.2) is 41.6 Å². The molecule has 0 aromatic heterocycles. The minimum atomic E-state index is -3.75. The highest BCUT2D eigenvalue weighted by Gasteiger charge is 2.26. The van der Waals surface area contributed by atoms with Gasteiger partial charge in [0.2, 0.25) is 10.0 Å². The van der Waals surface area contributed by atoms with Crippen LogP contribution in [0.3, 0.4) is 0 Å². The van der Waals surface area contributed by atoms with Gasteiger partial charge in [-0.15, -0.1) is 0 Å². The highest BCUT2D eigenvalue weighted by molar-refractivity contribution is 7.89. The third-order valence-corrected chi connectivity index (χ3v) is 6.84. The van der Waals surface area contributed by atoms with E-state index < -0.39 is 17.6 Å². The fourth-order valence-corrected chi connectivity index (χ4v) is 4.43. The molecule has 166 valence electrons. The molecule has 0 bridgehead atoms. The lowest BCUT2D eigenvalue weighted by molar-refractivity contribution is 0.160. The molecule has 0 saturated carbocycles. The third-order valence-electron chi connectivity index (χ3n) is 3.83. The van der Waals surface area contributed by atoms with Crippen molar-refractivity contribution in [2.45, 2.75) is 44.4 Å². The molecule has 8 nitrogen and oxygen atoms in total. The van der Waals surface area contributed by atoms with Gasteiger partial charge in [-0.25, -0.2) is 13.1 Å². The molecule has 0 aliphatic carbocycles. The number of hydrogen-bond acceptors (Lipinski definition) is 7. The molecule has 0 fully saturated rings. The Morgan fingerprint density at radius 1 is 1.07 bits per heavy atom. The molecule has 0 unspecified atom stereocenters. The Hall–Kier alpha value is -1.38. The van der Waals surface area contributed by atoms with E-state index in [2.05, 4.69) is 11.3 Å². The van der Waals surface area contributed by atoms with E-state index in [0.29, 0.717) is 19.0 Å². The molecular weight excluding hydrogens is 417 g/mol. The maximum Gasteiger partial charge on any atom is 0.367 e. The number of unbranched alkanes of at least 4 members (excludes halogenated alkanes) is 2. The van der Waals surface area contributed by atoms with E-state index >= 15 is 0 Å². The molecular formula is C19H32NO7PS. The maximum atomic E-state index is 12.8. The predicted molar refractivity (Wildman–Crippen MR) is 113 cm³/mol. The Labute approximate surface area is 174 Å². The molecule has 29 heavy (non-hydrogen) atoms. The Morgan fingerprint density at radius 2 is 1.62 bits per heavy atom. The summed E-state index contributed by atoms with van der Waals surface area (Å²) in [6, 6.07) is 5.97. The summed E-state index contributed by atoms with van der Waals surface area (Å²) in [5.41, 5.74) is 0. The van der Waals surface area contributed by atoms with Gasteiger partial charge in [0, 0.05) is 0 Å². The van der Waals surface area contributed by atoms with E-state index in [1.807, 2.05) is 13.8 Å². The lowest BCUT2D eigenvalue weighted by Gasteiger charge is -2.20. The van der Waals surface area contributed by atoms with Gasteiger partial charge in [-0.05, 0) is 37.1 Å². The summed E-state index contributed by atoms with van der Waals surface area (Å²) in [6.45, 7) is 8.11. The molecule has 0 aliphatic rings. The van der Waals surface area contributed by atoms with Gasteiger partial charge in [-0.1, -0.05) is 33.3 Å². The zero-order valence-electron chi connectivity index (χ0n) is 17.4. The van der Waals surface area contributed by atoms with Crippen molar-refractivity contribution in [3.8, 4) is 5.75 Å². The topological polar surface area (TPSA) is 100 Å². The van der Waals surface area contributed by atoms with Crippen LogP contribution in [0.1, 0.15) is 39.5 Å². The van der Waals surface area contributed by atoms with E-state index in [4.69, 9.17) is 18.5 Å². The molecule has 0 spiro atoms. The number of benzene rings is 1. The van der Waals surface area contributed by atoms with Gasteiger partial charge in [0.1, 0.15) is 11.5 Å². The van der Waals surface area contributed by atoms with Crippen LogP contribution in [0, 0.1) is 0 Å². The van der Waals surface area contributed by atoms with Gasteiger partial charge >= 0.3 is 7.60 Å². The summed E-state index contributed by atoms with van der Waals surface area (Å²) in [7, 11) is -5.69. The van der Waals surface area contributed by atoms with Crippen LogP contribution in [0.2, 0.25) is 0 Å². The van der Waals surface area contributed by atoms with E-state index in [1.54, 1.807) is 12.1 Å². The monoisotopic (exact) mass is 449 g/mol. The van der Waals surface area contributed by atoms with Crippen LogP contribution < -0.4 is 9.46 Å². The summed E-state index contributed by atoms with van der Waals surface area (Å²) in [4.78, 5) is 0.0857. The van der Waals surface area contributed by atoms with Gasteiger partial charge in [0.05, 0.1) is 31.8 Å². The number of sulfonamides is 1. The largest absolute Gasteiger partial charge is 0.497 e. The highest BCUT2D eigenvalue weighted by atomic mass is 32.2. The van der Waals surface area contributed by atoms with Crippen LogP contribution in [-0.2, 0) is 28.4 Å². The van der Waals surface area contributed by atoms with Gasteiger partial charge in [0.15, 0.2) is 6.35 Å². The number of methoxy groups -OCH3 is 1. The fourth-order valence-electron chi connectivity index (χ4n) is 2.04. The summed E-state index contributed by atoms with van der Waals surface area (Å²) in [5, 5.41) is 0. The van der Waals surface area contributed by atoms with Crippen LogP contribution in [0.25, 0.3) is 0 Å². The van der Waals surface area contributed by atoms with Crippen LogP contribution in [0.5, 0.6) is 5.75 Å². The number of ether oxygens (including phenoxy) is 2.